The Morgan fingerprint density at radius 3 is 2.40 bits per heavy atom. The normalized spacial score (nSPS) is 15.5. The second-order valence-corrected chi connectivity index (χ2v) is 10.5. The molecule has 1 aliphatic heterocycles. The Morgan fingerprint density at radius 2 is 1.70 bits per heavy atom. The van der Waals surface area contributed by atoms with Crippen LogP contribution in [0.4, 0.5) is 11.5 Å². The molecule has 9 nitrogen and oxygen atoms in total. The van der Waals surface area contributed by atoms with Gasteiger partial charge in [0.05, 0.1) is 30.3 Å². The van der Waals surface area contributed by atoms with Gasteiger partial charge in [0.15, 0.2) is 11.6 Å². The van der Waals surface area contributed by atoms with Gasteiger partial charge in [-0.25, -0.2) is 4.98 Å². The molecule has 3 aromatic carbocycles. The van der Waals surface area contributed by atoms with Crippen LogP contribution in [0.15, 0.2) is 97.2 Å². The number of amides is 2. The van der Waals surface area contributed by atoms with Crippen LogP contribution >= 0.6 is 0 Å². The number of aliphatic carboxylic acids is 1. The number of aromatic nitrogens is 1. The first-order valence-electron chi connectivity index (χ1n) is 14.2. The summed E-state index contributed by atoms with van der Waals surface area (Å²) < 4.78 is 5.75. The predicted octanol–water partition coefficient (Wildman–Crippen LogP) is 5.44. The van der Waals surface area contributed by atoms with E-state index in [0.29, 0.717) is 47.0 Å². The summed E-state index contributed by atoms with van der Waals surface area (Å²) in [4.78, 5) is 47.8. The largest absolute Gasteiger partial charge is 0.490 e. The number of nitrogen functional groups attached to an aromatic ring is 1. The zero-order valence-electron chi connectivity index (χ0n) is 23.9. The number of ether oxygens (including phenoxy) is 1. The van der Waals surface area contributed by atoms with Crippen molar-refractivity contribution < 1.29 is 24.2 Å². The van der Waals surface area contributed by atoms with E-state index in [1.54, 1.807) is 67.8 Å². The van der Waals surface area contributed by atoms with E-state index < -0.39 is 24.0 Å². The summed E-state index contributed by atoms with van der Waals surface area (Å²) in [6, 6.07) is 25.3. The molecule has 1 aromatic heterocycles. The molecule has 220 valence electrons. The molecular formula is C34H34N4O5. The van der Waals surface area contributed by atoms with Crippen molar-refractivity contribution in [2.45, 2.75) is 37.8 Å². The van der Waals surface area contributed by atoms with Crippen LogP contribution in [-0.2, 0) is 16.0 Å². The molecule has 2 unspecified atom stereocenters. The van der Waals surface area contributed by atoms with Crippen LogP contribution in [0.25, 0.3) is 0 Å². The van der Waals surface area contributed by atoms with Crippen LogP contribution in [0.2, 0.25) is 0 Å². The second-order valence-electron chi connectivity index (χ2n) is 10.5. The Labute approximate surface area is 250 Å². The number of likely N-dealkylation sites (N-methyl/N-ethyl adjacent to an activating group) is 1. The number of anilines is 2. The lowest BCUT2D eigenvalue weighted by molar-refractivity contribution is -0.139. The minimum atomic E-state index is -1.07. The van der Waals surface area contributed by atoms with E-state index in [1.807, 2.05) is 36.4 Å². The molecule has 4 aromatic rings. The van der Waals surface area contributed by atoms with Crippen molar-refractivity contribution in [3.63, 3.8) is 0 Å². The minimum absolute atomic E-state index is 0.316. The molecule has 1 aliphatic rings. The Balaban J connectivity index is 1.46. The topological polar surface area (TPSA) is 126 Å². The van der Waals surface area contributed by atoms with Gasteiger partial charge in [-0.05, 0) is 60.2 Å². The number of carbonyl (C=O) groups excluding carboxylic acids is 2. The molecule has 0 fully saturated rings. The number of fused-ring (bicyclic) bond motifs is 1. The number of hydrogen-bond donors (Lipinski definition) is 2. The fourth-order valence-corrected chi connectivity index (χ4v) is 5.50. The van der Waals surface area contributed by atoms with E-state index in [2.05, 4.69) is 4.98 Å². The third-order valence-corrected chi connectivity index (χ3v) is 7.65. The predicted molar refractivity (Wildman–Crippen MR) is 164 cm³/mol. The summed E-state index contributed by atoms with van der Waals surface area (Å²) in [6.45, 7) is 0.470. The summed E-state index contributed by atoms with van der Waals surface area (Å²) in [7, 11) is 1.66. The molecule has 3 N–H and O–H groups in total. The minimum Gasteiger partial charge on any atom is -0.490 e. The molecule has 2 heterocycles. The van der Waals surface area contributed by atoms with Gasteiger partial charge in [-0.15, -0.1) is 0 Å². The van der Waals surface area contributed by atoms with E-state index in [0.717, 1.165) is 18.4 Å². The van der Waals surface area contributed by atoms with Crippen LogP contribution in [-0.4, -0.2) is 46.4 Å². The standard InChI is InChI=1S/C34H34N4O5/c1-37-27-18-17-23(11-8-9-20-43-29-16-10-19-36-32(29)35)21-26(27)33(41)38(31(34(37)42)25-14-6-3-7-15-25)28(22-30(39)40)24-12-4-2-5-13-24/h2-7,10,12-19,21,28,31H,8-9,11,20,22H2,1H3,(H2,35,36)(H,39,40). The van der Waals surface area contributed by atoms with E-state index in [-0.39, 0.29) is 12.3 Å². The maximum atomic E-state index is 14.5. The van der Waals surface area contributed by atoms with E-state index in [4.69, 9.17) is 10.5 Å². The number of carboxylic acids is 1. The second kappa shape index (κ2) is 13.2. The number of benzene rings is 3. The van der Waals surface area contributed by atoms with Crippen LogP contribution in [0.1, 0.15) is 58.4 Å². The van der Waals surface area contributed by atoms with Gasteiger partial charge >= 0.3 is 5.97 Å². The van der Waals surface area contributed by atoms with Crippen molar-refractivity contribution in [2.75, 3.05) is 24.3 Å². The monoisotopic (exact) mass is 578 g/mol. The summed E-state index contributed by atoms with van der Waals surface area (Å²) >= 11 is 0. The van der Waals surface area contributed by atoms with Crippen LogP contribution in [0.3, 0.4) is 0 Å². The van der Waals surface area contributed by atoms with Crippen LogP contribution in [0.5, 0.6) is 5.75 Å². The molecule has 2 amide bonds. The number of pyridine rings is 1. The van der Waals surface area contributed by atoms with Gasteiger partial charge < -0.3 is 25.4 Å². The molecule has 2 atom stereocenters. The Morgan fingerprint density at radius 1 is 0.977 bits per heavy atom. The Hall–Kier alpha value is -5.18. The van der Waals surface area contributed by atoms with Crippen molar-refractivity contribution in [3.8, 4) is 5.75 Å². The summed E-state index contributed by atoms with van der Waals surface area (Å²) in [5, 5.41) is 9.92. The average molecular weight is 579 g/mol. The molecule has 43 heavy (non-hydrogen) atoms. The molecule has 0 spiro atoms. The highest BCUT2D eigenvalue weighted by molar-refractivity contribution is 6.11. The van der Waals surface area contributed by atoms with Crippen molar-refractivity contribution in [3.05, 3.63) is 119 Å². The molecule has 9 heteroatoms. The first-order valence-corrected chi connectivity index (χ1v) is 14.2. The van der Waals surface area contributed by atoms with Crippen molar-refractivity contribution >= 4 is 29.3 Å². The number of rotatable bonds is 11. The van der Waals surface area contributed by atoms with Gasteiger partial charge in [-0.3, -0.25) is 14.4 Å². The molecule has 5 rings (SSSR count). The third kappa shape index (κ3) is 6.51. The Kier molecular flexibility index (Phi) is 9.00. The number of unbranched alkanes of at least 4 members (excludes halogenated alkanes) is 1. The summed E-state index contributed by atoms with van der Waals surface area (Å²) in [6.07, 6.45) is 3.49. The van der Waals surface area contributed by atoms with Crippen molar-refractivity contribution in [2.24, 2.45) is 0 Å². The zero-order chi connectivity index (χ0) is 30.3. The van der Waals surface area contributed by atoms with E-state index >= 15 is 0 Å². The third-order valence-electron chi connectivity index (χ3n) is 7.65. The molecular weight excluding hydrogens is 544 g/mol. The van der Waals surface area contributed by atoms with Crippen molar-refractivity contribution in [1.82, 2.24) is 9.88 Å². The lowest BCUT2D eigenvalue weighted by Crippen LogP contribution is -2.43. The Bertz CT molecular complexity index is 1600. The molecule has 0 saturated carbocycles. The molecule has 0 saturated heterocycles. The quantitative estimate of drug-likeness (QED) is 0.227. The summed E-state index contributed by atoms with van der Waals surface area (Å²) in [5.41, 5.74) is 8.88. The maximum absolute atomic E-state index is 14.5. The number of nitrogens with zero attached hydrogens (tertiary/aromatic N) is 3. The highest BCUT2D eigenvalue weighted by Crippen LogP contribution is 2.40. The maximum Gasteiger partial charge on any atom is 0.305 e. The van der Waals surface area contributed by atoms with Gasteiger partial charge in [0, 0.05) is 13.2 Å². The fraction of sp³-hybridized carbons (Fsp3) is 0.235. The number of carbonyl (C=O) groups is 3. The molecule has 0 bridgehead atoms. The number of hydrogen-bond acceptors (Lipinski definition) is 6. The number of carboxylic acid groups (broad SMARTS) is 1. The number of nitrogens with two attached hydrogens (primary N) is 1. The van der Waals surface area contributed by atoms with Gasteiger partial charge in [0.25, 0.3) is 11.8 Å². The van der Waals surface area contributed by atoms with Gasteiger partial charge in [-0.2, -0.15) is 0 Å². The van der Waals surface area contributed by atoms with E-state index in [9.17, 15) is 19.5 Å². The zero-order valence-corrected chi connectivity index (χ0v) is 23.9. The van der Waals surface area contributed by atoms with Gasteiger partial charge in [0.2, 0.25) is 0 Å². The highest BCUT2D eigenvalue weighted by atomic mass is 16.5. The lowest BCUT2D eigenvalue weighted by Gasteiger charge is -2.36. The van der Waals surface area contributed by atoms with Gasteiger partial charge in [0.1, 0.15) is 6.04 Å². The first kappa shape index (κ1) is 29.3. The van der Waals surface area contributed by atoms with E-state index in [1.165, 1.54) is 9.80 Å². The smallest absolute Gasteiger partial charge is 0.305 e. The number of aryl methyl sites for hydroxylation is 1. The highest BCUT2D eigenvalue weighted by Gasteiger charge is 2.43. The SMILES string of the molecule is CN1C(=O)C(c2ccccc2)N(C(CC(=O)O)c2ccccc2)C(=O)c2cc(CCCCOc3cccnc3N)ccc21. The molecule has 0 radical (unpaired) electrons. The van der Waals surface area contributed by atoms with Crippen molar-refractivity contribution in [1.29, 1.82) is 0 Å². The van der Waals surface area contributed by atoms with Crippen LogP contribution < -0.4 is 15.4 Å². The molecule has 0 aliphatic carbocycles. The lowest BCUT2D eigenvalue weighted by atomic mass is 9.95. The summed E-state index contributed by atoms with van der Waals surface area (Å²) in [5.74, 6) is -0.880. The van der Waals surface area contributed by atoms with Crippen LogP contribution in [0, 0.1) is 0 Å². The average Bonchev–Trinajstić information content (AvgIpc) is 3.10. The first-order chi connectivity index (χ1) is 20.8. The van der Waals surface area contributed by atoms with Gasteiger partial charge in [-0.1, -0.05) is 66.7 Å². The fourth-order valence-electron chi connectivity index (χ4n) is 5.50.